The van der Waals surface area contributed by atoms with Gasteiger partial charge in [-0.2, -0.15) is 0 Å². The number of rotatable bonds is 4. The van der Waals surface area contributed by atoms with Crippen LogP contribution in [0.4, 0.5) is 0 Å². The van der Waals surface area contributed by atoms with Crippen LogP contribution in [0.25, 0.3) is 0 Å². The number of hydrogen-bond donors (Lipinski definition) is 0. The normalized spacial score (nSPS) is 9.94. The van der Waals surface area contributed by atoms with Crippen molar-refractivity contribution in [1.82, 2.24) is 0 Å². The van der Waals surface area contributed by atoms with E-state index in [1.165, 1.54) is 14.0 Å². The molecule has 0 amide bonds. The SMILES string of the molecule is COC(=O)c1cccc(CC(C)=O)c1CCl. The van der Waals surface area contributed by atoms with Crippen LogP contribution >= 0.6 is 11.6 Å². The Morgan fingerprint density at radius 3 is 2.56 bits per heavy atom. The molecular formula is C12H13ClO3. The maximum Gasteiger partial charge on any atom is 0.338 e. The summed E-state index contributed by atoms with van der Waals surface area (Å²) >= 11 is 5.80. The van der Waals surface area contributed by atoms with Gasteiger partial charge in [-0.05, 0) is 24.1 Å². The molecule has 0 aromatic heterocycles. The molecule has 0 heterocycles. The van der Waals surface area contributed by atoms with Crippen molar-refractivity contribution in [2.24, 2.45) is 0 Å². The Morgan fingerprint density at radius 2 is 2.06 bits per heavy atom. The van der Waals surface area contributed by atoms with Crippen molar-refractivity contribution >= 4 is 23.4 Å². The van der Waals surface area contributed by atoms with Gasteiger partial charge >= 0.3 is 5.97 Å². The maximum absolute atomic E-state index is 11.5. The number of hydrogen-bond acceptors (Lipinski definition) is 3. The van der Waals surface area contributed by atoms with E-state index in [9.17, 15) is 9.59 Å². The van der Waals surface area contributed by atoms with E-state index in [1.54, 1.807) is 18.2 Å². The molecule has 0 saturated heterocycles. The summed E-state index contributed by atoms with van der Waals surface area (Å²) in [4.78, 5) is 22.5. The highest BCUT2D eigenvalue weighted by molar-refractivity contribution is 6.17. The number of alkyl halides is 1. The molecule has 0 unspecified atom stereocenters. The fraction of sp³-hybridized carbons (Fsp3) is 0.333. The van der Waals surface area contributed by atoms with Crippen molar-refractivity contribution in [2.45, 2.75) is 19.2 Å². The van der Waals surface area contributed by atoms with Crippen LogP contribution in [0.15, 0.2) is 18.2 Å². The van der Waals surface area contributed by atoms with Crippen LogP contribution in [0.5, 0.6) is 0 Å². The molecule has 86 valence electrons. The molecule has 0 saturated carbocycles. The van der Waals surface area contributed by atoms with Crippen LogP contribution in [0, 0.1) is 0 Å². The van der Waals surface area contributed by atoms with Gasteiger partial charge in [0.25, 0.3) is 0 Å². The zero-order valence-corrected chi connectivity index (χ0v) is 10.0. The highest BCUT2D eigenvalue weighted by atomic mass is 35.5. The van der Waals surface area contributed by atoms with E-state index in [0.29, 0.717) is 11.1 Å². The largest absolute Gasteiger partial charge is 0.465 e. The van der Waals surface area contributed by atoms with Gasteiger partial charge in [-0.1, -0.05) is 12.1 Å². The molecule has 1 aromatic rings. The first-order valence-corrected chi connectivity index (χ1v) is 5.38. The van der Waals surface area contributed by atoms with Gasteiger partial charge in [-0.25, -0.2) is 4.79 Å². The maximum atomic E-state index is 11.5. The highest BCUT2D eigenvalue weighted by Gasteiger charge is 2.14. The molecule has 0 fully saturated rings. The molecule has 0 aliphatic heterocycles. The van der Waals surface area contributed by atoms with E-state index in [2.05, 4.69) is 4.74 Å². The molecule has 0 radical (unpaired) electrons. The van der Waals surface area contributed by atoms with Crippen LogP contribution in [-0.4, -0.2) is 18.9 Å². The Hall–Kier alpha value is -1.35. The molecule has 0 atom stereocenters. The lowest BCUT2D eigenvalue weighted by Crippen LogP contribution is -2.09. The molecule has 1 rings (SSSR count). The Morgan fingerprint density at radius 1 is 1.38 bits per heavy atom. The summed E-state index contributed by atoms with van der Waals surface area (Å²) in [7, 11) is 1.32. The first-order valence-electron chi connectivity index (χ1n) is 4.84. The smallest absolute Gasteiger partial charge is 0.338 e. The van der Waals surface area contributed by atoms with E-state index >= 15 is 0 Å². The van der Waals surface area contributed by atoms with Crippen molar-refractivity contribution in [3.05, 3.63) is 34.9 Å². The number of benzene rings is 1. The minimum atomic E-state index is -0.430. The van der Waals surface area contributed by atoms with Gasteiger partial charge in [0.1, 0.15) is 5.78 Å². The Balaban J connectivity index is 3.20. The van der Waals surface area contributed by atoms with Crippen LogP contribution in [0.2, 0.25) is 0 Å². The number of carbonyl (C=O) groups excluding carboxylic acids is 2. The minimum absolute atomic E-state index is 0.0355. The number of Topliss-reactive ketones (excluding diaryl/α,β-unsaturated/α-hetero) is 1. The lowest BCUT2D eigenvalue weighted by molar-refractivity contribution is -0.116. The summed E-state index contributed by atoms with van der Waals surface area (Å²) in [5, 5.41) is 0. The first kappa shape index (κ1) is 12.7. The second-order valence-corrected chi connectivity index (χ2v) is 3.71. The predicted octanol–water partition coefficient (Wildman–Crippen LogP) is 2.34. The van der Waals surface area contributed by atoms with E-state index in [0.717, 1.165) is 5.56 Å². The molecule has 3 nitrogen and oxygen atoms in total. The number of ether oxygens (including phenoxy) is 1. The minimum Gasteiger partial charge on any atom is -0.465 e. The van der Waals surface area contributed by atoms with Crippen molar-refractivity contribution in [3.63, 3.8) is 0 Å². The number of halogens is 1. The number of carbonyl (C=O) groups is 2. The third-order valence-electron chi connectivity index (χ3n) is 2.25. The van der Waals surface area contributed by atoms with Gasteiger partial charge in [0, 0.05) is 12.3 Å². The van der Waals surface area contributed by atoms with Crippen molar-refractivity contribution < 1.29 is 14.3 Å². The van der Waals surface area contributed by atoms with Crippen LogP contribution in [0.3, 0.4) is 0 Å². The fourth-order valence-electron chi connectivity index (χ4n) is 1.53. The summed E-state index contributed by atoms with van der Waals surface area (Å²) in [6.07, 6.45) is 0.285. The standard InChI is InChI=1S/C12H13ClO3/c1-8(14)6-9-4-3-5-10(11(9)7-13)12(15)16-2/h3-5H,6-7H2,1-2H3. The average molecular weight is 241 g/mol. The highest BCUT2D eigenvalue weighted by Crippen LogP contribution is 2.19. The third-order valence-corrected chi connectivity index (χ3v) is 2.52. The predicted molar refractivity (Wildman–Crippen MR) is 61.7 cm³/mol. The zero-order valence-electron chi connectivity index (χ0n) is 9.25. The van der Waals surface area contributed by atoms with E-state index in [4.69, 9.17) is 11.6 Å². The quantitative estimate of drug-likeness (QED) is 0.599. The van der Waals surface area contributed by atoms with Crippen molar-refractivity contribution in [3.8, 4) is 0 Å². The first-order chi connectivity index (χ1) is 7.60. The average Bonchev–Trinajstić information content (AvgIpc) is 2.27. The van der Waals surface area contributed by atoms with E-state index in [1.807, 2.05) is 0 Å². The number of ketones is 1. The van der Waals surface area contributed by atoms with Gasteiger partial charge in [-0.3, -0.25) is 4.79 Å². The summed E-state index contributed by atoms with van der Waals surface area (Å²) in [5.41, 5.74) is 1.88. The molecule has 0 N–H and O–H groups in total. The van der Waals surface area contributed by atoms with E-state index < -0.39 is 5.97 Å². The van der Waals surface area contributed by atoms with Gasteiger partial charge in [0.15, 0.2) is 0 Å². The molecule has 0 bridgehead atoms. The Kier molecular flexibility index (Phi) is 4.50. The molecule has 1 aromatic carbocycles. The lowest BCUT2D eigenvalue weighted by atomic mass is 9.99. The summed E-state index contributed by atoms with van der Waals surface area (Å²) in [6, 6.07) is 5.17. The monoisotopic (exact) mass is 240 g/mol. The van der Waals surface area contributed by atoms with Crippen molar-refractivity contribution in [1.29, 1.82) is 0 Å². The molecule has 16 heavy (non-hydrogen) atoms. The third kappa shape index (κ3) is 2.83. The van der Waals surface area contributed by atoms with Gasteiger partial charge in [0.05, 0.1) is 12.7 Å². The van der Waals surface area contributed by atoms with Crippen LogP contribution in [-0.2, 0) is 21.8 Å². The van der Waals surface area contributed by atoms with Crippen molar-refractivity contribution in [2.75, 3.05) is 7.11 Å². The molecule has 0 aliphatic carbocycles. The molecular weight excluding hydrogens is 228 g/mol. The lowest BCUT2D eigenvalue weighted by Gasteiger charge is -2.10. The van der Waals surface area contributed by atoms with Gasteiger partial charge < -0.3 is 4.74 Å². The summed E-state index contributed by atoms with van der Waals surface area (Å²) in [5.74, 6) is -0.206. The second-order valence-electron chi connectivity index (χ2n) is 3.45. The zero-order chi connectivity index (χ0) is 12.1. The van der Waals surface area contributed by atoms with Crippen LogP contribution in [0.1, 0.15) is 28.4 Å². The second kappa shape index (κ2) is 5.66. The number of esters is 1. The summed E-state index contributed by atoms with van der Waals surface area (Å²) < 4.78 is 4.66. The summed E-state index contributed by atoms with van der Waals surface area (Å²) in [6.45, 7) is 1.50. The van der Waals surface area contributed by atoms with Gasteiger partial charge in [-0.15, -0.1) is 11.6 Å². The fourth-order valence-corrected chi connectivity index (χ4v) is 1.84. The Labute approximate surface area is 99.4 Å². The van der Waals surface area contributed by atoms with E-state index in [-0.39, 0.29) is 18.1 Å². The van der Waals surface area contributed by atoms with Crippen LogP contribution < -0.4 is 0 Å². The number of methoxy groups -OCH3 is 1. The molecule has 4 heteroatoms. The topological polar surface area (TPSA) is 43.4 Å². The molecule has 0 aliphatic rings. The Bertz CT molecular complexity index is 413. The molecule has 0 spiro atoms. The van der Waals surface area contributed by atoms with Gasteiger partial charge in [0.2, 0.25) is 0 Å².